The van der Waals surface area contributed by atoms with Crippen LogP contribution in [0.5, 0.6) is 11.5 Å². The second-order valence-corrected chi connectivity index (χ2v) is 9.11. The van der Waals surface area contributed by atoms with Crippen molar-refractivity contribution in [1.29, 1.82) is 0 Å². The van der Waals surface area contributed by atoms with Crippen molar-refractivity contribution in [3.63, 3.8) is 0 Å². The van der Waals surface area contributed by atoms with Crippen LogP contribution in [0.15, 0.2) is 76.8 Å². The Kier molecular flexibility index (Phi) is 7.26. The van der Waals surface area contributed by atoms with Gasteiger partial charge >= 0.3 is 0 Å². The minimum atomic E-state index is -0.851. The molecule has 180 valence electrons. The molecule has 1 amide bonds. The molecule has 0 spiro atoms. The molecule has 3 aromatic carbocycles. The molecule has 1 aliphatic heterocycles. The number of aliphatic hydroxyl groups excluding tert-OH is 1. The molecule has 0 aliphatic carbocycles. The lowest BCUT2D eigenvalue weighted by atomic mass is 9.94. The molecule has 35 heavy (non-hydrogen) atoms. The van der Waals surface area contributed by atoms with Crippen molar-refractivity contribution in [2.75, 3.05) is 18.6 Å². The zero-order valence-corrected chi connectivity index (χ0v) is 21.3. The van der Waals surface area contributed by atoms with E-state index in [9.17, 15) is 14.7 Å². The van der Waals surface area contributed by atoms with E-state index in [0.717, 1.165) is 16.5 Å². The van der Waals surface area contributed by atoms with Gasteiger partial charge in [-0.05, 0) is 60.9 Å². The number of ether oxygens (including phenoxy) is 2. The second-order valence-electron chi connectivity index (χ2n) is 8.26. The molecule has 1 atom stereocenters. The predicted octanol–water partition coefficient (Wildman–Crippen LogP) is 6.18. The SMILES string of the molecule is CCCOc1cccc(N2C(=O)C(=O)/C(=C(/O)c3ccc(Br)c(C)c3)C2c2cccc(OC)c2)c1. The minimum Gasteiger partial charge on any atom is -0.507 e. The van der Waals surface area contributed by atoms with E-state index in [-0.39, 0.29) is 11.3 Å². The van der Waals surface area contributed by atoms with Crippen LogP contribution in [-0.2, 0) is 9.59 Å². The summed E-state index contributed by atoms with van der Waals surface area (Å²) in [6, 6.07) is 18.7. The molecule has 0 bridgehead atoms. The van der Waals surface area contributed by atoms with E-state index in [1.54, 1.807) is 67.8 Å². The van der Waals surface area contributed by atoms with Crippen LogP contribution in [-0.4, -0.2) is 30.5 Å². The Morgan fingerprint density at radius 1 is 1.03 bits per heavy atom. The number of carbonyl (C=O) groups excluding carboxylic acids is 2. The van der Waals surface area contributed by atoms with Crippen molar-refractivity contribution in [3.05, 3.63) is 93.5 Å². The van der Waals surface area contributed by atoms with Gasteiger partial charge in [0.05, 0.1) is 25.3 Å². The summed E-state index contributed by atoms with van der Waals surface area (Å²) in [7, 11) is 1.55. The number of hydrogen-bond donors (Lipinski definition) is 1. The van der Waals surface area contributed by atoms with Crippen LogP contribution in [0.1, 0.15) is 36.1 Å². The molecule has 1 aliphatic rings. The highest BCUT2D eigenvalue weighted by Gasteiger charge is 2.47. The summed E-state index contributed by atoms with van der Waals surface area (Å²) < 4.78 is 12.0. The maximum atomic E-state index is 13.4. The predicted molar refractivity (Wildman–Crippen MR) is 139 cm³/mol. The van der Waals surface area contributed by atoms with E-state index >= 15 is 0 Å². The number of carbonyl (C=O) groups is 2. The number of anilines is 1. The molecule has 0 radical (unpaired) electrons. The number of rotatable bonds is 7. The Bertz CT molecular complexity index is 1320. The Morgan fingerprint density at radius 2 is 1.77 bits per heavy atom. The van der Waals surface area contributed by atoms with E-state index in [0.29, 0.717) is 34.9 Å². The lowest BCUT2D eigenvalue weighted by Crippen LogP contribution is -2.29. The molecule has 7 heteroatoms. The van der Waals surface area contributed by atoms with Gasteiger partial charge in [0.25, 0.3) is 11.7 Å². The first-order valence-corrected chi connectivity index (χ1v) is 12.1. The molecule has 1 unspecified atom stereocenters. The van der Waals surface area contributed by atoms with Gasteiger partial charge in [0, 0.05) is 21.8 Å². The lowest BCUT2D eigenvalue weighted by Gasteiger charge is -2.26. The van der Waals surface area contributed by atoms with E-state index in [1.165, 1.54) is 4.90 Å². The summed E-state index contributed by atoms with van der Waals surface area (Å²) in [4.78, 5) is 28.2. The van der Waals surface area contributed by atoms with Gasteiger partial charge in [0.2, 0.25) is 0 Å². The second kappa shape index (κ2) is 10.4. The maximum absolute atomic E-state index is 13.4. The largest absolute Gasteiger partial charge is 0.507 e. The fourth-order valence-corrected chi connectivity index (χ4v) is 4.36. The number of ketones is 1. The summed E-state index contributed by atoms with van der Waals surface area (Å²) in [5.74, 6) is -0.531. The molecule has 1 heterocycles. The zero-order chi connectivity index (χ0) is 25.1. The van der Waals surface area contributed by atoms with Gasteiger partial charge in [-0.2, -0.15) is 0 Å². The highest BCUT2D eigenvalue weighted by molar-refractivity contribution is 9.10. The van der Waals surface area contributed by atoms with Crippen molar-refractivity contribution in [2.45, 2.75) is 26.3 Å². The van der Waals surface area contributed by atoms with Crippen LogP contribution >= 0.6 is 15.9 Å². The molecular weight excluding hydrogens is 510 g/mol. The molecule has 0 aromatic heterocycles. The molecule has 1 N–H and O–H groups in total. The van der Waals surface area contributed by atoms with Gasteiger partial charge in [-0.3, -0.25) is 14.5 Å². The van der Waals surface area contributed by atoms with E-state index in [1.807, 2.05) is 19.9 Å². The first kappa shape index (κ1) is 24.5. The van der Waals surface area contributed by atoms with E-state index in [2.05, 4.69) is 15.9 Å². The van der Waals surface area contributed by atoms with Crippen LogP contribution in [0.25, 0.3) is 5.76 Å². The van der Waals surface area contributed by atoms with E-state index < -0.39 is 17.7 Å². The normalized spacial score (nSPS) is 17.0. The zero-order valence-electron chi connectivity index (χ0n) is 19.7. The number of amides is 1. The highest BCUT2D eigenvalue weighted by Crippen LogP contribution is 2.43. The number of aliphatic hydroxyl groups is 1. The van der Waals surface area contributed by atoms with Crippen LogP contribution < -0.4 is 14.4 Å². The van der Waals surface area contributed by atoms with Gasteiger partial charge in [-0.15, -0.1) is 0 Å². The first-order chi connectivity index (χ1) is 16.8. The molecule has 6 nitrogen and oxygen atoms in total. The molecule has 1 fully saturated rings. The smallest absolute Gasteiger partial charge is 0.300 e. The molecule has 3 aromatic rings. The summed E-state index contributed by atoms with van der Waals surface area (Å²) in [6.45, 7) is 4.43. The third-order valence-electron chi connectivity index (χ3n) is 5.85. The van der Waals surface area contributed by atoms with Crippen LogP contribution in [0.3, 0.4) is 0 Å². The topological polar surface area (TPSA) is 76.1 Å². The quantitative estimate of drug-likeness (QED) is 0.222. The van der Waals surface area contributed by atoms with Crippen molar-refractivity contribution in [2.24, 2.45) is 0 Å². The highest BCUT2D eigenvalue weighted by atomic mass is 79.9. The summed E-state index contributed by atoms with van der Waals surface area (Å²) in [6.07, 6.45) is 0.838. The van der Waals surface area contributed by atoms with Gasteiger partial charge in [-0.25, -0.2) is 0 Å². The minimum absolute atomic E-state index is 0.0184. The Labute approximate surface area is 212 Å². The van der Waals surface area contributed by atoms with E-state index in [4.69, 9.17) is 9.47 Å². The fourth-order valence-electron chi connectivity index (χ4n) is 4.12. The van der Waals surface area contributed by atoms with Gasteiger partial charge in [0.15, 0.2) is 0 Å². The molecule has 0 saturated carbocycles. The third kappa shape index (κ3) is 4.82. The van der Waals surface area contributed by atoms with Crippen molar-refractivity contribution in [3.8, 4) is 11.5 Å². The number of hydrogen-bond acceptors (Lipinski definition) is 5. The number of Topliss-reactive ketones (excluding diaryl/α,β-unsaturated/α-hetero) is 1. The average molecular weight is 536 g/mol. The van der Waals surface area contributed by atoms with Crippen LogP contribution in [0.2, 0.25) is 0 Å². The Balaban J connectivity index is 1.92. The molecule has 4 rings (SSSR count). The summed E-state index contributed by atoms with van der Waals surface area (Å²) in [5, 5.41) is 11.3. The van der Waals surface area contributed by atoms with Crippen molar-refractivity contribution >= 4 is 39.1 Å². The maximum Gasteiger partial charge on any atom is 0.300 e. The lowest BCUT2D eigenvalue weighted by molar-refractivity contribution is -0.132. The molecule has 1 saturated heterocycles. The fraction of sp³-hybridized carbons (Fsp3) is 0.214. The third-order valence-corrected chi connectivity index (χ3v) is 6.74. The summed E-state index contributed by atoms with van der Waals surface area (Å²) >= 11 is 3.46. The number of aryl methyl sites for hydroxylation is 1. The van der Waals surface area contributed by atoms with Gasteiger partial charge in [0.1, 0.15) is 17.3 Å². The van der Waals surface area contributed by atoms with Crippen LogP contribution in [0, 0.1) is 6.92 Å². The number of nitrogens with zero attached hydrogens (tertiary/aromatic N) is 1. The van der Waals surface area contributed by atoms with Crippen LogP contribution in [0.4, 0.5) is 5.69 Å². The standard InChI is InChI=1S/C28H26BrNO5/c1-4-13-35-22-10-6-8-20(16-22)30-25(18-7-5-9-21(15-18)34-3)24(27(32)28(30)33)26(31)19-11-12-23(29)17(2)14-19/h5-12,14-16,25,31H,4,13H2,1-3H3/b26-24+. The van der Waals surface area contributed by atoms with Crippen molar-refractivity contribution in [1.82, 2.24) is 0 Å². The number of halogens is 1. The van der Waals surface area contributed by atoms with Gasteiger partial charge < -0.3 is 14.6 Å². The monoisotopic (exact) mass is 535 g/mol. The first-order valence-electron chi connectivity index (χ1n) is 11.3. The Morgan fingerprint density at radius 3 is 2.49 bits per heavy atom. The van der Waals surface area contributed by atoms with Gasteiger partial charge in [-0.1, -0.05) is 47.1 Å². The Hall–Kier alpha value is -3.58. The number of benzene rings is 3. The number of methoxy groups -OCH3 is 1. The summed E-state index contributed by atoms with van der Waals surface area (Å²) in [5.41, 5.74) is 2.50. The average Bonchev–Trinajstić information content (AvgIpc) is 3.14. The molecular formula is C28H26BrNO5. The van der Waals surface area contributed by atoms with Crippen molar-refractivity contribution < 1.29 is 24.2 Å².